The molecule has 30 heteroatoms. The van der Waals surface area contributed by atoms with Crippen molar-refractivity contribution < 1.29 is 77.9 Å². The number of aliphatic imine (C=N–C) groups is 1. The van der Waals surface area contributed by atoms with E-state index in [0.717, 1.165) is 0 Å². The van der Waals surface area contributed by atoms with Crippen LogP contribution in [0.2, 0.25) is 0 Å². The van der Waals surface area contributed by atoms with Crippen LogP contribution in [0, 0.1) is 29.1 Å². The molecule has 0 radical (unpaired) electrons. The predicted octanol–water partition coefficient (Wildman–Crippen LogP) is -4.95. The molecule has 10 amide bonds. The van der Waals surface area contributed by atoms with Crippen molar-refractivity contribution in [1.29, 1.82) is 0 Å². The molecule has 30 nitrogen and oxygen atoms in total. The van der Waals surface area contributed by atoms with E-state index in [4.69, 9.17) is 33.4 Å². The molecule has 0 heterocycles. The largest absolute Gasteiger partial charge is 0.453 e. The molecule has 84 heavy (non-hydrogen) atoms. The van der Waals surface area contributed by atoms with Gasteiger partial charge < -0.3 is 96.4 Å². The molecule has 22 N–H and O–H groups in total. The number of aliphatic hydroxyl groups excluding tert-OH is 4. The Bertz CT molecular complexity index is 2420. The van der Waals surface area contributed by atoms with Crippen LogP contribution in [-0.4, -0.2) is 178 Å². The summed E-state index contributed by atoms with van der Waals surface area (Å²) in [6.45, 7) is 15.9. The van der Waals surface area contributed by atoms with E-state index < -0.39 is 168 Å². The summed E-state index contributed by atoms with van der Waals surface area (Å²) < 4.78 is 5.91. The summed E-state index contributed by atoms with van der Waals surface area (Å²) in [7, 11) is 0. The van der Waals surface area contributed by atoms with Crippen molar-refractivity contribution in [3.05, 3.63) is 35.9 Å². The number of carbonyl (C=O) groups excluding carboxylic acids is 11. The van der Waals surface area contributed by atoms with Crippen molar-refractivity contribution in [2.24, 2.45) is 62.7 Å². The summed E-state index contributed by atoms with van der Waals surface area (Å²) in [4.78, 5) is 154. The minimum Gasteiger partial charge on any atom is -0.453 e. The van der Waals surface area contributed by atoms with Gasteiger partial charge in [0.25, 0.3) is 0 Å². The van der Waals surface area contributed by atoms with Gasteiger partial charge in [-0.3, -0.25) is 52.9 Å². The molecule has 1 aromatic carbocycles. The molecule has 474 valence electrons. The van der Waals surface area contributed by atoms with Gasteiger partial charge in [-0.25, -0.2) is 4.79 Å². The maximum Gasteiger partial charge on any atom is 0.331 e. The minimum absolute atomic E-state index is 0.00685. The maximum absolute atomic E-state index is 15.2. The normalized spacial score (nSPS) is 16.2. The first kappa shape index (κ1) is 74.5. The van der Waals surface area contributed by atoms with Gasteiger partial charge in [0.15, 0.2) is 24.2 Å². The number of nitrogens with two attached hydrogens (primary N) is 5. The zero-order valence-electron chi connectivity index (χ0n) is 49.8. The van der Waals surface area contributed by atoms with E-state index in [-0.39, 0.29) is 62.0 Å². The lowest BCUT2D eigenvalue weighted by atomic mass is 9.87. The molecule has 0 aliphatic rings. The number of benzene rings is 1. The van der Waals surface area contributed by atoms with E-state index in [1.807, 2.05) is 24.5 Å². The lowest BCUT2D eigenvalue weighted by Gasteiger charge is -2.34. The van der Waals surface area contributed by atoms with Crippen molar-refractivity contribution >= 4 is 71.0 Å². The first-order valence-corrected chi connectivity index (χ1v) is 27.6. The SMILES string of the molecule is CC(C)C[C@@H](N)C(=O)N[C@@H](CC(C)(C)C)C(=O)N[C@H](C(=O)N[C@H](C(=O)N[C@@H](CC(C)C)C(=O)N[C@H](CCCN=C(N)N)C(N)=O)[C@H](O)C(C)C)[C@H](OC(=O)[C@H](CO)NC(=O)[C@@H](NC(=O)CNC(=O)[C@@H](C)[C@H](C)O)[C@H](O)C(N)=O)c1ccccc1. The Hall–Kier alpha value is -7.54. The lowest BCUT2D eigenvalue weighted by Crippen LogP contribution is -2.63. The molecule has 0 aromatic heterocycles. The number of rotatable bonds is 36. The van der Waals surface area contributed by atoms with Crippen LogP contribution in [0.1, 0.15) is 120 Å². The van der Waals surface area contributed by atoms with E-state index in [2.05, 4.69) is 36.9 Å². The second-order valence-electron chi connectivity index (χ2n) is 23.0. The third-order valence-corrected chi connectivity index (χ3v) is 12.9. The Kier molecular flexibility index (Phi) is 31.5. The van der Waals surface area contributed by atoms with Crippen LogP contribution in [0.25, 0.3) is 0 Å². The third-order valence-electron chi connectivity index (χ3n) is 12.9. The van der Waals surface area contributed by atoms with Crippen molar-refractivity contribution in [2.45, 2.75) is 181 Å². The van der Waals surface area contributed by atoms with E-state index in [1.54, 1.807) is 34.6 Å². The van der Waals surface area contributed by atoms with E-state index >= 15 is 4.79 Å². The highest BCUT2D eigenvalue weighted by Gasteiger charge is 2.43. The number of amides is 10. The topological polar surface area (TPSA) is 517 Å². The number of nitrogens with zero attached hydrogens (tertiary/aromatic N) is 1. The Balaban J connectivity index is 4.11. The second kappa shape index (κ2) is 35.6. The van der Waals surface area contributed by atoms with Crippen molar-refractivity contribution in [1.82, 2.24) is 42.5 Å². The zero-order chi connectivity index (χ0) is 64.5. The quantitative estimate of drug-likeness (QED) is 0.0130. The highest BCUT2D eigenvalue weighted by atomic mass is 16.5. The second-order valence-corrected chi connectivity index (χ2v) is 23.0. The van der Waals surface area contributed by atoms with Crippen LogP contribution in [0.15, 0.2) is 35.3 Å². The molecule has 0 aliphatic carbocycles. The Morgan fingerprint density at radius 2 is 1.11 bits per heavy atom. The molecule has 0 bridgehead atoms. The molecule has 0 spiro atoms. The van der Waals surface area contributed by atoms with Crippen molar-refractivity contribution in [3.63, 3.8) is 0 Å². The van der Waals surface area contributed by atoms with Gasteiger partial charge in [-0.2, -0.15) is 0 Å². The lowest BCUT2D eigenvalue weighted by molar-refractivity contribution is -0.159. The summed E-state index contributed by atoms with van der Waals surface area (Å²) in [5.74, 6) is -15.0. The molecular formula is C54H92N14O16. The monoisotopic (exact) mass is 1190 g/mol. The van der Waals surface area contributed by atoms with Crippen LogP contribution >= 0.6 is 0 Å². The van der Waals surface area contributed by atoms with Crippen LogP contribution < -0.4 is 71.2 Å². The number of aliphatic hydroxyl groups is 4. The van der Waals surface area contributed by atoms with Gasteiger partial charge in [-0.15, -0.1) is 0 Å². The van der Waals surface area contributed by atoms with Gasteiger partial charge in [0.05, 0.1) is 37.3 Å². The fourth-order valence-corrected chi connectivity index (χ4v) is 8.05. The van der Waals surface area contributed by atoms with Crippen LogP contribution in [0.4, 0.5) is 0 Å². The highest BCUT2D eigenvalue weighted by Crippen LogP contribution is 2.26. The molecule has 0 aliphatic heterocycles. The Morgan fingerprint density at radius 1 is 0.595 bits per heavy atom. The number of hydrogen-bond acceptors (Lipinski definition) is 18. The van der Waals surface area contributed by atoms with Gasteiger partial charge in [-0.05, 0) is 67.8 Å². The standard InChI is InChI=1S/C54H92N14O16/c1-25(2)20-31(55)46(77)64-34(22-54(9,10)11)48(79)68-39(51(82)67-37(40(72)27(5)6)49(80)63-33(21-26(3)4)47(78)62-32(43(56)74)18-15-19-60-53(58)59)42(30-16-13-12-14-17-30)84-52(83)35(24-69)65-50(81)38(41(73)44(57)75)66-36(71)23-61-45(76)28(7)29(8)70/h12-14,16-17,25-29,31-35,37-42,69-70,72-73H,15,18-24,55H2,1-11H3,(H2,56,74)(H2,57,75)(H,61,76)(H,62,78)(H,63,80)(H,64,77)(H,65,81)(H,66,71)(H,67,82)(H,68,79)(H4,58,59,60)/t28-,29-,31+,32+,33-,34-,35-,37-,38-,39-,40+,41-,42+/m0/s1. The van der Waals surface area contributed by atoms with Crippen LogP contribution in [0.3, 0.4) is 0 Å². The van der Waals surface area contributed by atoms with Gasteiger partial charge in [0.1, 0.15) is 36.3 Å². The number of ether oxygens (including phenoxy) is 1. The van der Waals surface area contributed by atoms with Gasteiger partial charge in [-0.1, -0.05) is 99.6 Å². The fraction of sp³-hybridized carbons (Fsp3) is 0.667. The number of carbonyl (C=O) groups is 11. The Morgan fingerprint density at radius 3 is 1.61 bits per heavy atom. The molecule has 0 saturated carbocycles. The smallest absolute Gasteiger partial charge is 0.331 e. The number of guanidine groups is 1. The van der Waals surface area contributed by atoms with Gasteiger partial charge in [0, 0.05) is 6.54 Å². The molecule has 1 aromatic rings. The van der Waals surface area contributed by atoms with Crippen molar-refractivity contribution in [3.8, 4) is 0 Å². The average molecular weight is 1190 g/mol. The summed E-state index contributed by atoms with van der Waals surface area (Å²) in [6, 6.07) is -6.79. The van der Waals surface area contributed by atoms with E-state index in [1.165, 1.54) is 58.0 Å². The molecule has 13 atom stereocenters. The predicted molar refractivity (Wildman–Crippen MR) is 306 cm³/mol. The van der Waals surface area contributed by atoms with E-state index in [9.17, 15) is 68.4 Å². The number of nitrogens with one attached hydrogen (secondary N) is 8. The Labute approximate surface area is 489 Å². The first-order chi connectivity index (χ1) is 38.9. The number of esters is 1. The van der Waals surface area contributed by atoms with E-state index in [0.29, 0.717) is 0 Å². The fourth-order valence-electron chi connectivity index (χ4n) is 8.05. The molecule has 1 rings (SSSR count). The van der Waals surface area contributed by atoms with Crippen molar-refractivity contribution in [2.75, 3.05) is 19.7 Å². The zero-order valence-corrected chi connectivity index (χ0v) is 49.8. The maximum atomic E-state index is 15.2. The summed E-state index contributed by atoms with van der Waals surface area (Å²) in [5, 5.41) is 61.6. The number of primary amides is 2. The molecule has 0 saturated heterocycles. The molecule has 0 fully saturated rings. The third kappa shape index (κ3) is 26.4. The summed E-state index contributed by atoms with van der Waals surface area (Å²) in [6.07, 6.45) is -7.14. The first-order valence-electron chi connectivity index (χ1n) is 27.6. The molecule has 0 unspecified atom stereocenters. The highest BCUT2D eigenvalue weighted by molar-refractivity contribution is 5.99. The summed E-state index contributed by atoms with van der Waals surface area (Å²) in [5.41, 5.74) is 27.1. The van der Waals surface area contributed by atoms with Crippen LogP contribution in [-0.2, 0) is 57.5 Å². The number of hydrogen-bond donors (Lipinski definition) is 17. The van der Waals surface area contributed by atoms with Gasteiger partial charge >= 0.3 is 5.97 Å². The minimum atomic E-state index is -2.49. The summed E-state index contributed by atoms with van der Waals surface area (Å²) >= 11 is 0. The average Bonchev–Trinajstić information content (AvgIpc) is 3.58. The molecular weight excluding hydrogens is 1100 g/mol. The van der Waals surface area contributed by atoms with Crippen LogP contribution in [0.5, 0.6) is 0 Å². The van der Waals surface area contributed by atoms with Gasteiger partial charge in [0.2, 0.25) is 59.1 Å².